The Bertz CT molecular complexity index is 1330. The number of rotatable bonds is 10. The van der Waals surface area contributed by atoms with Crippen molar-refractivity contribution < 1.29 is 33.0 Å². The van der Waals surface area contributed by atoms with Gasteiger partial charge in [-0.1, -0.05) is 66.7 Å². The summed E-state index contributed by atoms with van der Waals surface area (Å²) in [7, 11) is 0. The summed E-state index contributed by atoms with van der Waals surface area (Å²) in [6.07, 6.45) is -3.08. The maximum atomic E-state index is 15.7. The van der Waals surface area contributed by atoms with E-state index >= 15 is 8.78 Å². The van der Waals surface area contributed by atoms with Crippen molar-refractivity contribution in [1.29, 1.82) is 0 Å². The molecule has 1 aliphatic rings. The molecule has 0 aliphatic carbocycles. The van der Waals surface area contributed by atoms with E-state index < -0.39 is 41.6 Å². The standard InChI is InChI=1S/C32H36F2N2O5/c1-31(2,3)41-30(39)36-26(19-21-13-15-24(16-14-21)40-20-22-9-5-4-6-10-22)28(37)32(33,34)29(38)27-25-12-8-7-11-23(25)17-18-35-27/h4-16,26-28,35,37H,17-20H2,1-3H3,(H,36,39). The van der Waals surface area contributed by atoms with Gasteiger partial charge in [-0.2, -0.15) is 8.78 Å². The zero-order valence-electron chi connectivity index (χ0n) is 23.4. The lowest BCUT2D eigenvalue weighted by Crippen LogP contribution is -2.58. The molecule has 1 amide bonds. The van der Waals surface area contributed by atoms with Crippen LogP contribution in [0.2, 0.25) is 0 Å². The second-order valence-electron chi connectivity index (χ2n) is 11.1. The third-order valence-corrected chi connectivity index (χ3v) is 6.78. The molecule has 3 aromatic carbocycles. The fourth-order valence-electron chi connectivity index (χ4n) is 4.75. The molecule has 1 aliphatic heterocycles. The van der Waals surface area contributed by atoms with Gasteiger partial charge in [0.15, 0.2) is 0 Å². The maximum Gasteiger partial charge on any atom is 0.407 e. The van der Waals surface area contributed by atoms with Crippen molar-refractivity contribution in [2.45, 2.75) is 69.9 Å². The second kappa shape index (κ2) is 12.8. The number of halogens is 2. The summed E-state index contributed by atoms with van der Waals surface area (Å²) in [5, 5.41) is 16.2. The number of ether oxygens (including phenoxy) is 2. The van der Waals surface area contributed by atoms with Crippen molar-refractivity contribution in [3.05, 3.63) is 101 Å². The lowest BCUT2D eigenvalue weighted by molar-refractivity contribution is -0.167. The van der Waals surface area contributed by atoms with Gasteiger partial charge < -0.3 is 25.2 Å². The Hall–Kier alpha value is -3.82. The highest BCUT2D eigenvalue weighted by Crippen LogP contribution is 2.33. The molecular formula is C32H36F2N2O5. The summed E-state index contributed by atoms with van der Waals surface area (Å²) in [5.41, 5.74) is 1.89. The van der Waals surface area contributed by atoms with Crippen molar-refractivity contribution in [3.8, 4) is 5.75 Å². The molecule has 0 radical (unpaired) electrons. The van der Waals surface area contributed by atoms with Crippen molar-refractivity contribution >= 4 is 11.9 Å². The Morgan fingerprint density at radius 1 is 0.976 bits per heavy atom. The topological polar surface area (TPSA) is 96.9 Å². The maximum absolute atomic E-state index is 15.7. The van der Waals surface area contributed by atoms with E-state index in [4.69, 9.17) is 9.47 Å². The molecule has 3 atom stereocenters. The third kappa shape index (κ3) is 7.89. The Kier molecular flexibility index (Phi) is 9.40. The Balaban J connectivity index is 1.52. The molecule has 0 saturated carbocycles. The number of alkyl carbamates (subject to hydrolysis) is 1. The first-order chi connectivity index (χ1) is 19.4. The zero-order chi connectivity index (χ0) is 29.6. The number of hydrogen-bond acceptors (Lipinski definition) is 6. The fourth-order valence-corrected chi connectivity index (χ4v) is 4.75. The predicted molar refractivity (Wildman–Crippen MR) is 151 cm³/mol. The smallest absolute Gasteiger partial charge is 0.407 e. The van der Waals surface area contributed by atoms with Crippen molar-refractivity contribution in [3.63, 3.8) is 0 Å². The van der Waals surface area contributed by atoms with Crippen LogP contribution in [0, 0.1) is 0 Å². The van der Waals surface area contributed by atoms with Crippen molar-refractivity contribution in [1.82, 2.24) is 10.6 Å². The number of ketones is 1. The summed E-state index contributed by atoms with van der Waals surface area (Å²) in [6, 6.07) is 20.4. The number of aliphatic hydroxyl groups excluding tert-OH is 1. The van der Waals surface area contributed by atoms with Gasteiger partial charge in [0.1, 0.15) is 24.1 Å². The number of benzene rings is 3. The quantitative estimate of drug-likeness (QED) is 0.314. The summed E-state index contributed by atoms with van der Waals surface area (Å²) < 4.78 is 42.5. The van der Waals surface area contributed by atoms with E-state index in [-0.39, 0.29) is 6.42 Å². The van der Waals surface area contributed by atoms with E-state index in [2.05, 4.69) is 10.6 Å². The summed E-state index contributed by atoms with van der Waals surface area (Å²) in [6.45, 7) is 5.61. The molecule has 3 aromatic rings. The lowest BCUT2D eigenvalue weighted by atomic mass is 9.86. The second-order valence-corrected chi connectivity index (χ2v) is 11.1. The monoisotopic (exact) mass is 566 g/mol. The number of hydrogen-bond donors (Lipinski definition) is 3. The number of amides is 1. The first-order valence-corrected chi connectivity index (χ1v) is 13.6. The Morgan fingerprint density at radius 2 is 1.63 bits per heavy atom. The Labute approximate surface area is 238 Å². The Morgan fingerprint density at radius 3 is 2.32 bits per heavy atom. The number of carbonyl (C=O) groups excluding carboxylic acids is 2. The number of carbonyl (C=O) groups is 2. The highest BCUT2D eigenvalue weighted by atomic mass is 19.3. The zero-order valence-corrected chi connectivity index (χ0v) is 23.4. The lowest BCUT2D eigenvalue weighted by Gasteiger charge is -2.34. The minimum atomic E-state index is -4.18. The molecule has 9 heteroatoms. The van der Waals surface area contributed by atoms with Crippen molar-refractivity contribution in [2.75, 3.05) is 6.54 Å². The normalized spacial score (nSPS) is 16.7. The van der Waals surface area contributed by atoms with E-state index in [1.807, 2.05) is 30.3 Å². The largest absolute Gasteiger partial charge is 0.489 e. The van der Waals surface area contributed by atoms with Gasteiger partial charge in [0.25, 0.3) is 0 Å². The fraction of sp³-hybridized carbons (Fsp3) is 0.375. The number of Topliss-reactive ketones (excluding diaryl/α,β-unsaturated/α-hetero) is 1. The van der Waals surface area contributed by atoms with Crippen LogP contribution in [-0.4, -0.2) is 47.2 Å². The number of alkyl halides is 2. The molecule has 218 valence electrons. The number of aliphatic hydroxyl groups is 1. The third-order valence-electron chi connectivity index (χ3n) is 6.78. The van der Waals surface area contributed by atoms with E-state index in [9.17, 15) is 14.7 Å². The predicted octanol–water partition coefficient (Wildman–Crippen LogP) is 5.15. The highest BCUT2D eigenvalue weighted by molar-refractivity contribution is 5.92. The molecule has 3 unspecified atom stereocenters. The highest BCUT2D eigenvalue weighted by Gasteiger charge is 2.53. The van der Waals surface area contributed by atoms with Crippen LogP contribution in [-0.2, 0) is 29.0 Å². The van der Waals surface area contributed by atoms with E-state index in [1.165, 1.54) is 0 Å². The van der Waals surface area contributed by atoms with Gasteiger partial charge in [-0.25, -0.2) is 4.79 Å². The van der Waals surface area contributed by atoms with Crippen LogP contribution >= 0.6 is 0 Å². The molecule has 0 fully saturated rings. The van der Waals surface area contributed by atoms with Crippen LogP contribution in [0.15, 0.2) is 78.9 Å². The molecule has 0 saturated heterocycles. The molecule has 41 heavy (non-hydrogen) atoms. The molecule has 4 rings (SSSR count). The van der Waals surface area contributed by atoms with E-state index in [0.717, 1.165) is 11.1 Å². The molecule has 0 bridgehead atoms. The van der Waals surface area contributed by atoms with Crippen LogP contribution in [0.1, 0.15) is 49.1 Å². The molecular weight excluding hydrogens is 530 g/mol. The van der Waals surface area contributed by atoms with Gasteiger partial charge in [0.2, 0.25) is 5.78 Å². The average Bonchev–Trinajstić information content (AvgIpc) is 2.95. The first kappa shape index (κ1) is 30.1. The van der Waals surface area contributed by atoms with Crippen LogP contribution < -0.4 is 15.4 Å². The van der Waals surface area contributed by atoms with Crippen LogP contribution in [0.3, 0.4) is 0 Å². The summed E-state index contributed by atoms with van der Waals surface area (Å²) in [5.74, 6) is -5.07. The van der Waals surface area contributed by atoms with Gasteiger partial charge in [-0.05, 0) is 68.0 Å². The van der Waals surface area contributed by atoms with E-state index in [1.54, 1.807) is 69.3 Å². The van der Waals surface area contributed by atoms with Gasteiger partial charge in [0.05, 0.1) is 12.1 Å². The molecule has 0 aromatic heterocycles. The summed E-state index contributed by atoms with van der Waals surface area (Å²) >= 11 is 0. The minimum absolute atomic E-state index is 0.184. The first-order valence-electron chi connectivity index (χ1n) is 13.6. The molecule has 7 nitrogen and oxygen atoms in total. The van der Waals surface area contributed by atoms with Crippen molar-refractivity contribution in [2.24, 2.45) is 0 Å². The van der Waals surface area contributed by atoms with Crippen LogP contribution in [0.25, 0.3) is 0 Å². The van der Waals surface area contributed by atoms with E-state index in [0.29, 0.717) is 36.4 Å². The minimum Gasteiger partial charge on any atom is -0.489 e. The molecule has 1 heterocycles. The average molecular weight is 567 g/mol. The van der Waals surface area contributed by atoms with Crippen LogP contribution in [0.4, 0.5) is 13.6 Å². The van der Waals surface area contributed by atoms with Gasteiger partial charge in [0, 0.05) is 6.54 Å². The van der Waals surface area contributed by atoms with Gasteiger partial charge in [-0.3, -0.25) is 4.79 Å². The van der Waals surface area contributed by atoms with Gasteiger partial charge in [-0.15, -0.1) is 0 Å². The van der Waals surface area contributed by atoms with Crippen LogP contribution in [0.5, 0.6) is 5.75 Å². The molecule has 0 spiro atoms. The SMILES string of the molecule is CC(C)(C)OC(=O)NC(Cc1ccc(OCc2ccccc2)cc1)C(O)C(F)(F)C(=O)C1NCCc2ccccc21. The molecule has 3 N–H and O–H groups in total. The van der Waals surface area contributed by atoms with Gasteiger partial charge >= 0.3 is 12.0 Å². The number of fused-ring (bicyclic) bond motifs is 1. The summed E-state index contributed by atoms with van der Waals surface area (Å²) in [4.78, 5) is 25.8. The number of nitrogens with one attached hydrogen (secondary N) is 2.